The topological polar surface area (TPSA) is 29.1 Å². The lowest BCUT2D eigenvalue weighted by Crippen LogP contribution is -2.10. The van der Waals surface area contributed by atoms with Crippen LogP contribution in [0.5, 0.6) is 0 Å². The van der Waals surface area contributed by atoms with Gasteiger partial charge in [0.2, 0.25) is 5.91 Å². The van der Waals surface area contributed by atoms with Crippen LogP contribution in [-0.4, -0.2) is 5.91 Å². The van der Waals surface area contributed by atoms with Crippen LogP contribution in [-0.2, 0) is 4.79 Å². The minimum Gasteiger partial charge on any atom is -0.318 e. The second-order valence-corrected chi connectivity index (χ2v) is 4.41. The molecule has 92 valence electrons. The average molecular weight is 265 g/mol. The number of amides is 1. The van der Waals surface area contributed by atoms with Gasteiger partial charge in [0.25, 0.3) is 0 Å². The molecule has 0 atom stereocenters. The summed E-state index contributed by atoms with van der Waals surface area (Å²) < 4.78 is 26.5. The Morgan fingerprint density at radius 1 is 1.17 bits per heavy atom. The van der Waals surface area contributed by atoms with E-state index < -0.39 is 23.2 Å². The summed E-state index contributed by atoms with van der Waals surface area (Å²) in [5.41, 5.74) is -0.432. The zero-order valence-corrected chi connectivity index (χ0v) is 10.0. The highest BCUT2D eigenvalue weighted by Gasteiger charge is 2.09. The molecule has 5 heteroatoms. The van der Waals surface area contributed by atoms with E-state index in [9.17, 15) is 13.6 Å². The van der Waals surface area contributed by atoms with Crippen molar-refractivity contribution >= 4 is 29.0 Å². The van der Waals surface area contributed by atoms with E-state index in [2.05, 4.69) is 5.32 Å². The number of thiophene rings is 1. The molecule has 1 heterocycles. The molecule has 0 aliphatic heterocycles. The zero-order valence-electron chi connectivity index (χ0n) is 9.19. The van der Waals surface area contributed by atoms with E-state index in [0.29, 0.717) is 0 Å². The molecule has 0 radical (unpaired) electrons. The number of hydrogen-bond donors (Lipinski definition) is 1. The Morgan fingerprint density at radius 3 is 2.50 bits per heavy atom. The molecule has 0 aliphatic carbocycles. The molecular formula is C13H9F2NOS. The van der Waals surface area contributed by atoms with Crippen molar-refractivity contribution in [2.45, 2.75) is 0 Å². The highest BCUT2D eigenvalue weighted by atomic mass is 32.1. The largest absolute Gasteiger partial charge is 0.318 e. The molecule has 1 aromatic heterocycles. The summed E-state index contributed by atoms with van der Waals surface area (Å²) in [6.07, 6.45) is 2.82. The Morgan fingerprint density at radius 2 is 1.89 bits per heavy atom. The fourth-order valence-electron chi connectivity index (χ4n) is 1.33. The Kier molecular flexibility index (Phi) is 3.84. The van der Waals surface area contributed by atoms with E-state index >= 15 is 0 Å². The van der Waals surface area contributed by atoms with Crippen LogP contribution in [0.25, 0.3) is 6.08 Å². The molecule has 2 aromatic rings. The second-order valence-electron chi connectivity index (χ2n) is 3.43. The summed E-state index contributed by atoms with van der Waals surface area (Å²) >= 11 is 1.46. The number of nitrogens with one attached hydrogen (secondary N) is 1. The van der Waals surface area contributed by atoms with Crippen LogP contribution in [0.15, 0.2) is 41.8 Å². The molecule has 1 amide bonds. The predicted octanol–water partition coefficient (Wildman–Crippen LogP) is 3.68. The third kappa shape index (κ3) is 3.01. The number of para-hydroxylation sites is 1. The minimum absolute atomic E-state index is 0.432. The number of anilines is 1. The number of hydrogen-bond acceptors (Lipinski definition) is 2. The van der Waals surface area contributed by atoms with Gasteiger partial charge < -0.3 is 5.32 Å². The molecule has 0 aliphatic rings. The van der Waals surface area contributed by atoms with Crippen LogP contribution in [0.2, 0.25) is 0 Å². The van der Waals surface area contributed by atoms with E-state index in [4.69, 9.17) is 0 Å². The molecule has 1 N–H and O–H groups in total. The van der Waals surface area contributed by atoms with Gasteiger partial charge in [-0.15, -0.1) is 11.3 Å². The summed E-state index contributed by atoms with van der Waals surface area (Å²) in [6, 6.07) is 7.09. The molecule has 0 spiro atoms. The van der Waals surface area contributed by atoms with E-state index in [1.807, 2.05) is 17.5 Å². The zero-order chi connectivity index (χ0) is 13.0. The molecule has 2 rings (SSSR count). The Bertz CT molecular complexity index is 558. The maximum Gasteiger partial charge on any atom is 0.248 e. The molecule has 0 saturated heterocycles. The first kappa shape index (κ1) is 12.4. The SMILES string of the molecule is O=C(C=Cc1cccs1)Nc1c(F)cccc1F. The molecule has 0 fully saturated rings. The summed E-state index contributed by atoms with van der Waals surface area (Å²) in [5.74, 6) is -2.17. The lowest BCUT2D eigenvalue weighted by atomic mass is 10.3. The fraction of sp³-hybridized carbons (Fsp3) is 0. The van der Waals surface area contributed by atoms with Gasteiger partial charge in [0.15, 0.2) is 0 Å². The Labute approximate surface area is 107 Å². The van der Waals surface area contributed by atoms with Crippen LogP contribution in [0.4, 0.5) is 14.5 Å². The van der Waals surface area contributed by atoms with Crippen LogP contribution in [0.3, 0.4) is 0 Å². The van der Waals surface area contributed by atoms with Crippen molar-refractivity contribution in [3.05, 3.63) is 58.3 Å². The van der Waals surface area contributed by atoms with Crippen LogP contribution < -0.4 is 5.32 Å². The van der Waals surface area contributed by atoms with Crippen LogP contribution >= 0.6 is 11.3 Å². The lowest BCUT2D eigenvalue weighted by molar-refractivity contribution is -0.111. The van der Waals surface area contributed by atoms with Gasteiger partial charge in [0.1, 0.15) is 17.3 Å². The van der Waals surface area contributed by atoms with Gasteiger partial charge in [-0.25, -0.2) is 8.78 Å². The molecule has 0 unspecified atom stereocenters. The smallest absolute Gasteiger partial charge is 0.248 e. The lowest BCUT2D eigenvalue weighted by Gasteiger charge is -2.04. The van der Waals surface area contributed by atoms with E-state index in [1.165, 1.54) is 23.5 Å². The quantitative estimate of drug-likeness (QED) is 0.843. The van der Waals surface area contributed by atoms with Crippen molar-refractivity contribution in [1.29, 1.82) is 0 Å². The van der Waals surface area contributed by atoms with Gasteiger partial charge in [-0.2, -0.15) is 0 Å². The van der Waals surface area contributed by atoms with Gasteiger partial charge in [-0.3, -0.25) is 4.79 Å². The predicted molar refractivity (Wildman–Crippen MR) is 68.3 cm³/mol. The van der Waals surface area contributed by atoms with Crippen LogP contribution in [0.1, 0.15) is 4.88 Å². The van der Waals surface area contributed by atoms with Crippen molar-refractivity contribution in [2.75, 3.05) is 5.32 Å². The van der Waals surface area contributed by atoms with Gasteiger partial charge in [-0.05, 0) is 29.7 Å². The number of carbonyl (C=O) groups excluding carboxylic acids is 1. The third-order valence-electron chi connectivity index (χ3n) is 2.15. The summed E-state index contributed by atoms with van der Waals surface area (Å²) in [6.45, 7) is 0. The number of halogens is 2. The molecule has 2 nitrogen and oxygen atoms in total. The van der Waals surface area contributed by atoms with Gasteiger partial charge >= 0.3 is 0 Å². The number of carbonyl (C=O) groups is 1. The molecule has 1 aromatic carbocycles. The first-order valence-corrected chi connectivity index (χ1v) is 6.01. The van der Waals surface area contributed by atoms with Crippen molar-refractivity contribution in [3.8, 4) is 0 Å². The molecule has 0 saturated carbocycles. The maximum atomic E-state index is 13.2. The van der Waals surface area contributed by atoms with Crippen molar-refractivity contribution in [2.24, 2.45) is 0 Å². The fourth-order valence-corrected chi connectivity index (χ4v) is 1.94. The average Bonchev–Trinajstić information content (AvgIpc) is 2.84. The first-order chi connectivity index (χ1) is 8.66. The first-order valence-electron chi connectivity index (χ1n) is 5.13. The van der Waals surface area contributed by atoms with Crippen molar-refractivity contribution in [3.63, 3.8) is 0 Å². The van der Waals surface area contributed by atoms with Gasteiger partial charge in [-0.1, -0.05) is 12.1 Å². The summed E-state index contributed by atoms with van der Waals surface area (Å²) in [7, 11) is 0. The highest BCUT2D eigenvalue weighted by molar-refractivity contribution is 7.10. The monoisotopic (exact) mass is 265 g/mol. The molecule has 0 bridgehead atoms. The van der Waals surface area contributed by atoms with Crippen molar-refractivity contribution in [1.82, 2.24) is 0 Å². The molecule has 18 heavy (non-hydrogen) atoms. The Hall–Kier alpha value is -2.01. The highest BCUT2D eigenvalue weighted by Crippen LogP contribution is 2.18. The molecular weight excluding hydrogens is 256 g/mol. The minimum atomic E-state index is -0.798. The number of rotatable bonds is 3. The standard InChI is InChI=1S/C13H9F2NOS/c14-10-4-1-5-11(15)13(10)16-12(17)7-6-9-3-2-8-18-9/h1-8H,(H,16,17). The van der Waals surface area contributed by atoms with Crippen LogP contribution in [0, 0.1) is 11.6 Å². The third-order valence-corrected chi connectivity index (χ3v) is 2.99. The van der Waals surface area contributed by atoms with E-state index in [0.717, 1.165) is 17.0 Å². The van der Waals surface area contributed by atoms with Crippen molar-refractivity contribution < 1.29 is 13.6 Å². The van der Waals surface area contributed by atoms with E-state index in [-0.39, 0.29) is 0 Å². The normalized spacial score (nSPS) is 10.8. The summed E-state index contributed by atoms with van der Waals surface area (Å²) in [4.78, 5) is 12.4. The second kappa shape index (κ2) is 5.55. The number of benzene rings is 1. The maximum absolute atomic E-state index is 13.2. The van der Waals surface area contributed by atoms with Gasteiger partial charge in [0, 0.05) is 11.0 Å². The Balaban J connectivity index is 2.08. The van der Waals surface area contributed by atoms with E-state index in [1.54, 1.807) is 6.08 Å². The summed E-state index contributed by atoms with van der Waals surface area (Å²) in [5, 5.41) is 4.04. The van der Waals surface area contributed by atoms with Gasteiger partial charge in [0.05, 0.1) is 0 Å².